The number of nitrogens with zero attached hydrogens (tertiary/aromatic N) is 2. The van der Waals surface area contributed by atoms with Gasteiger partial charge in [0.15, 0.2) is 0 Å². The monoisotopic (exact) mass is 744 g/mol. The molecule has 0 bridgehead atoms. The Morgan fingerprint density at radius 3 is 1.27 bits per heavy atom. The molecule has 1 aliphatic rings. The molecule has 0 saturated heterocycles. The summed E-state index contributed by atoms with van der Waals surface area (Å²) in [6.07, 6.45) is 4.47. The lowest BCUT2D eigenvalue weighted by molar-refractivity contribution is 0.268. The molecule has 6 rings (SSSR count). The van der Waals surface area contributed by atoms with Crippen molar-refractivity contribution in [2.45, 2.75) is 105 Å². The lowest BCUT2D eigenvalue weighted by Gasteiger charge is -2.21. The van der Waals surface area contributed by atoms with E-state index in [-0.39, 0.29) is 21.7 Å². The summed E-state index contributed by atoms with van der Waals surface area (Å²) in [5, 5.41) is 0. The molecule has 0 aliphatic carbocycles. The lowest BCUT2D eigenvalue weighted by atomic mass is 9.85. The van der Waals surface area contributed by atoms with Crippen LogP contribution in [0.1, 0.15) is 122 Å². The molecule has 56 heavy (non-hydrogen) atoms. The van der Waals surface area contributed by atoms with Crippen molar-refractivity contribution in [3.8, 4) is 22.4 Å². The van der Waals surface area contributed by atoms with Crippen LogP contribution in [-0.2, 0) is 31.0 Å². The first kappa shape index (κ1) is 40.9. The van der Waals surface area contributed by atoms with Gasteiger partial charge in [-0.15, -0.1) is 0 Å². The lowest BCUT2D eigenvalue weighted by Crippen LogP contribution is -2.31. The van der Waals surface area contributed by atoms with Gasteiger partial charge >= 0.3 is 7.25 Å². The maximum absolute atomic E-state index is 6.09. The van der Waals surface area contributed by atoms with Crippen LogP contribution >= 0.6 is 0 Å². The second-order valence-corrected chi connectivity index (χ2v) is 19.4. The highest BCUT2D eigenvalue weighted by atomic mass is 16.6. The van der Waals surface area contributed by atoms with E-state index in [2.05, 4.69) is 203 Å². The number of hydrogen-bond donors (Lipinski definition) is 0. The average molecular weight is 745 g/mol. The molecule has 4 aromatic carbocycles. The molecule has 0 spiro atoms. The van der Waals surface area contributed by atoms with E-state index in [1.807, 2.05) is 0 Å². The highest BCUT2D eigenvalue weighted by Gasteiger charge is 2.30. The van der Waals surface area contributed by atoms with Crippen molar-refractivity contribution in [1.29, 1.82) is 0 Å². The smallest absolute Gasteiger partial charge is 0.394 e. The molecule has 0 radical (unpaired) electrons. The second-order valence-electron chi connectivity index (χ2n) is 19.4. The van der Waals surface area contributed by atoms with Gasteiger partial charge in [0.25, 0.3) is 0 Å². The van der Waals surface area contributed by atoms with E-state index < -0.39 is 7.25 Å². The Labute approximate surface area is 337 Å². The van der Waals surface area contributed by atoms with Crippen LogP contribution < -0.4 is 0 Å². The van der Waals surface area contributed by atoms with Gasteiger partial charge in [-0.25, -0.2) is 4.99 Å². The molecule has 1 aromatic heterocycles. The Morgan fingerprint density at radius 2 is 0.875 bits per heavy atom. The summed E-state index contributed by atoms with van der Waals surface area (Å²) in [5.41, 5.74) is 15.7. The zero-order valence-corrected chi connectivity index (χ0v) is 36.3. The predicted molar refractivity (Wildman–Crippen MR) is 241 cm³/mol. The third kappa shape index (κ3) is 8.65. The maximum atomic E-state index is 6.09. The summed E-state index contributed by atoms with van der Waals surface area (Å²) < 4.78 is 14.4. The SMILES string of the molecule is COB(OC)n1c(-c2ccc(C(C)(C)C)cc2)cc(-c2ccc(C(C)(C)C)cc2)c1/C=C1\N=C(c2ccc(C(C)(C)C)cc2)C=C1c1ccc(C(C)(C)C)cc1. The maximum Gasteiger partial charge on any atom is 0.597 e. The van der Waals surface area contributed by atoms with Crippen LogP contribution in [0.4, 0.5) is 0 Å². The van der Waals surface area contributed by atoms with E-state index in [9.17, 15) is 0 Å². The van der Waals surface area contributed by atoms with Crippen LogP contribution in [0.2, 0.25) is 0 Å². The molecule has 0 fully saturated rings. The predicted octanol–water partition coefficient (Wildman–Crippen LogP) is 13.1. The van der Waals surface area contributed by atoms with Gasteiger partial charge in [-0.3, -0.25) is 0 Å². The Hall–Kier alpha value is -4.71. The van der Waals surface area contributed by atoms with Crippen LogP contribution in [0.3, 0.4) is 0 Å². The highest BCUT2D eigenvalue weighted by Crippen LogP contribution is 2.40. The quantitative estimate of drug-likeness (QED) is 0.148. The van der Waals surface area contributed by atoms with Gasteiger partial charge in [-0.1, -0.05) is 180 Å². The standard InChI is InChI=1S/C51H61BN2O2/c1-48(2,3)38-23-15-34(16-24-38)42-31-44(36-19-27-40(28-20-36)50(7,8)9)53-45(42)33-47-43(35-17-25-39(26-18-35)49(4,5)6)32-46(54(47)52(55-13)56-14)37-21-29-41(30-22-37)51(10,11)12/h15-33H,1-14H3/b45-33-. The molecule has 0 amide bonds. The molecule has 1 aliphatic heterocycles. The Kier molecular flexibility index (Phi) is 11.2. The summed E-state index contributed by atoms with van der Waals surface area (Å²) in [5.74, 6) is 0. The fourth-order valence-electron chi connectivity index (χ4n) is 7.31. The Morgan fingerprint density at radius 1 is 0.500 bits per heavy atom. The topological polar surface area (TPSA) is 35.8 Å². The van der Waals surface area contributed by atoms with Gasteiger partial charge in [-0.05, 0) is 78.8 Å². The minimum absolute atomic E-state index is 0.0364. The fourth-order valence-corrected chi connectivity index (χ4v) is 7.31. The van der Waals surface area contributed by atoms with Gasteiger partial charge in [-0.2, -0.15) is 0 Å². The first-order chi connectivity index (χ1) is 26.2. The van der Waals surface area contributed by atoms with Crippen LogP contribution in [-0.4, -0.2) is 31.7 Å². The number of aliphatic imine (C=N–C) groups is 1. The zero-order chi connectivity index (χ0) is 40.8. The van der Waals surface area contributed by atoms with Crippen LogP contribution in [0.25, 0.3) is 34.0 Å². The first-order valence-electron chi connectivity index (χ1n) is 20.0. The average Bonchev–Trinajstić information content (AvgIpc) is 3.73. The van der Waals surface area contributed by atoms with E-state index in [1.165, 1.54) is 22.3 Å². The minimum atomic E-state index is -0.685. The Bertz CT molecular complexity index is 2250. The van der Waals surface area contributed by atoms with E-state index in [1.54, 1.807) is 14.2 Å². The minimum Gasteiger partial charge on any atom is -0.394 e. The number of allylic oxidation sites excluding steroid dienone is 2. The normalized spacial score (nSPS) is 14.6. The van der Waals surface area contributed by atoms with E-state index >= 15 is 0 Å². The van der Waals surface area contributed by atoms with Crippen LogP contribution in [0.15, 0.2) is 120 Å². The molecular weight excluding hydrogens is 683 g/mol. The van der Waals surface area contributed by atoms with Crippen molar-refractivity contribution >= 4 is 24.6 Å². The van der Waals surface area contributed by atoms with E-state index in [0.29, 0.717) is 0 Å². The third-order valence-corrected chi connectivity index (χ3v) is 11.0. The Balaban J connectivity index is 1.62. The summed E-state index contributed by atoms with van der Waals surface area (Å²) in [7, 11) is 2.71. The molecule has 2 heterocycles. The van der Waals surface area contributed by atoms with Gasteiger partial charge < -0.3 is 13.8 Å². The number of hydrogen-bond acceptors (Lipinski definition) is 3. The summed E-state index contributed by atoms with van der Waals surface area (Å²) in [6, 6.07) is 38.0. The molecule has 5 aromatic rings. The number of benzene rings is 4. The molecule has 0 saturated carbocycles. The largest absolute Gasteiger partial charge is 0.597 e. The molecule has 0 unspecified atom stereocenters. The highest BCUT2D eigenvalue weighted by molar-refractivity contribution is 6.44. The van der Waals surface area contributed by atoms with Crippen LogP contribution in [0, 0.1) is 0 Å². The zero-order valence-electron chi connectivity index (χ0n) is 36.3. The van der Waals surface area contributed by atoms with E-state index in [4.69, 9.17) is 14.3 Å². The van der Waals surface area contributed by atoms with Gasteiger partial charge in [0.05, 0.1) is 11.4 Å². The second kappa shape index (κ2) is 15.3. The van der Waals surface area contributed by atoms with Crippen molar-refractivity contribution in [3.05, 3.63) is 154 Å². The molecule has 4 nitrogen and oxygen atoms in total. The summed E-state index contributed by atoms with van der Waals surface area (Å²) >= 11 is 0. The first-order valence-corrected chi connectivity index (χ1v) is 20.0. The fraction of sp³-hybridized carbons (Fsp3) is 0.353. The summed E-state index contributed by atoms with van der Waals surface area (Å²) in [6.45, 7) is 27.0. The van der Waals surface area contributed by atoms with Gasteiger partial charge in [0, 0.05) is 42.3 Å². The molecular formula is C51H61BN2O2. The number of rotatable bonds is 8. The molecule has 0 atom stereocenters. The third-order valence-electron chi connectivity index (χ3n) is 11.0. The van der Waals surface area contributed by atoms with E-state index in [0.717, 1.165) is 56.2 Å². The van der Waals surface area contributed by atoms with Crippen LogP contribution in [0.5, 0.6) is 0 Å². The summed E-state index contributed by atoms with van der Waals surface area (Å²) in [4.78, 5) is 5.42. The van der Waals surface area contributed by atoms with Crippen molar-refractivity contribution < 1.29 is 9.31 Å². The van der Waals surface area contributed by atoms with Crippen molar-refractivity contribution in [3.63, 3.8) is 0 Å². The number of aromatic nitrogens is 1. The van der Waals surface area contributed by atoms with Crippen molar-refractivity contribution in [2.75, 3.05) is 14.2 Å². The molecule has 290 valence electrons. The van der Waals surface area contributed by atoms with Crippen molar-refractivity contribution in [2.24, 2.45) is 4.99 Å². The molecule has 0 N–H and O–H groups in total. The van der Waals surface area contributed by atoms with Gasteiger partial charge in [0.2, 0.25) is 0 Å². The molecule has 5 heteroatoms. The van der Waals surface area contributed by atoms with Gasteiger partial charge in [0.1, 0.15) is 0 Å². The van der Waals surface area contributed by atoms with Crippen molar-refractivity contribution in [1.82, 2.24) is 4.48 Å².